The predicted molar refractivity (Wildman–Crippen MR) is 74.8 cm³/mol. The Bertz CT molecular complexity index is 488. The second-order valence-electron chi connectivity index (χ2n) is 3.71. The van der Waals surface area contributed by atoms with Crippen LogP contribution in [0.5, 0.6) is 0 Å². The molecule has 0 spiro atoms. The average molecular weight is 362 g/mol. The minimum Gasteiger partial charge on any atom is -0.381 e. The van der Waals surface area contributed by atoms with E-state index in [0.29, 0.717) is 0 Å². The van der Waals surface area contributed by atoms with Crippen molar-refractivity contribution in [3.63, 3.8) is 0 Å². The van der Waals surface area contributed by atoms with Crippen molar-refractivity contribution in [2.75, 3.05) is 0 Å². The monoisotopic (exact) mass is 360 g/mol. The number of rotatable bonds is 2. The van der Waals surface area contributed by atoms with E-state index in [1.165, 1.54) is 0 Å². The maximum Gasteiger partial charge on any atom is 0.114 e. The topological polar surface area (TPSA) is 20.2 Å². The first-order valence-corrected chi connectivity index (χ1v) is 7.25. The molecule has 16 heavy (non-hydrogen) atoms. The Labute approximate surface area is 115 Å². The van der Waals surface area contributed by atoms with E-state index >= 15 is 0 Å². The highest BCUT2D eigenvalue weighted by molar-refractivity contribution is 9.10. The molecule has 1 aromatic heterocycles. The van der Waals surface area contributed by atoms with Crippen molar-refractivity contribution in [1.82, 2.24) is 0 Å². The fraction of sp³-hybridized carbons (Fsp3) is 0.167. The molecule has 1 heterocycles. The highest BCUT2D eigenvalue weighted by atomic mass is 79.9. The van der Waals surface area contributed by atoms with Crippen molar-refractivity contribution >= 4 is 43.2 Å². The second-order valence-corrected chi connectivity index (χ2v) is 6.23. The molecule has 0 saturated carbocycles. The lowest BCUT2D eigenvalue weighted by Crippen LogP contribution is -2.22. The normalized spacial score (nSPS) is 14.8. The molecule has 0 bridgehead atoms. The standard InChI is InChI=1S/C12H10Br2OS/c1-12(15,10-6-16-7-11(10)14)8-2-4-9(13)5-3-8/h2-7,15H,1H3. The molecule has 1 atom stereocenters. The molecular formula is C12H10Br2OS. The summed E-state index contributed by atoms with van der Waals surface area (Å²) in [5.41, 5.74) is 0.828. The van der Waals surface area contributed by atoms with Crippen molar-refractivity contribution in [2.45, 2.75) is 12.5 Å². The van der Waals surface area contributed by atoms with Gasteiger partial charge in [0.2, 0.25) is 0 Å². The predicted octanol–water partition coefficient (Wildman–Crippen LogP) is 4.53. The summed E-state index contributed by atoms with van der Waals surface area (Å²) in [5.74, 6) is 0. The average Bonchev–Trinajstić information content (AvgIpc) is 2.66. The third-order valence-electron chi connectivity index (χ3n) is 2.55. The van der Waals surface area contributed by atoms with Gasteiger partial charge in [-0.15, -0.1) is 0 Å². The number of thiophene rings is 1. The van der Waals surface area contributed by atoms with Crippen LogP contribution in [0.3, 0.4) is 0 Å². The number of aliphatic hydroxyl groups is 1. The molecule has 2 rings (SSSR count). The molecule has 4 heteroatoms. The maximum atomic E-state index is 10.6. The van der Waals surface area contributed by atoms with Gasteiger partial charge in [-0.25, -0.2) is 0 Å². The van der Waals surface area contributed by atoms with Crippen LogP contribution in [-0.4, -0.2) is 5.11 Å². The van der Waals surface area contributed by atoms with E-state index in [2.05, 4.69) is 31.9 Å². The van der Waals surface area contributed by atoms with E-state index in [0.717, 1.165) is 20.1 Å². The number of halogens is 2. The highest BCUT2D eigenvalue weighted by Gasteiger charge is 2.28. The summed E-state index contributed by atoms with van der Waals surface area (Å²) in [6.45, 7) is 1.81. The van der Waals surface area contributed by atoms with E-state index < -0.39 is 5.60 Å². The van der Waals surface area contributed by atoms with Gasteiger partial charge in [0.15, 0.2) is 0 Å². The van der Waals surface area contributed by atoms with Gasteiger partial charge in [0.05, 0.1) is 0 Å². The summed E-state index contributed by atoms with van der Waals surface area (Å²) in [4.78, 5) is 0. The van der Waals surface area contributed by atoms with Crippen LogP contribution in [0.15, 0.2) is 44.0 Å². The molecule has 0 aliphatic heterocycles. The first kappa shape index (κ1) is 12.3. The molecule has 2 aromatic rings. The van der Waals surface area contributed by atoms with Crippen LogP contribution in [0.2, 0.25) is 0 Å². The van der Waals surface area contributed by atoms with Crippen molar-refractivity contribution < 1.29 is 5.11 Å². The first-order valence-electron chi connectivity index (χ1n) is 4.72. The van der Waals surface area contributed by atoms with Gasteiger partial charge in [-0.2, -0.15) is 11.3 Å². The Hall–Kier alpha value is -0.160. The Balaban J connectivity index is 2.46. The van der Waals surface area contributed by atoms with E-state index in [1.807, 2.05) is 41.9 Å². The van der Waals surface area contributed by atoms with E-state index in [1.54, 1.807) is 11.3 Å². The molecule has 0 amide bonds. The van der Waals surface area contributed by atoms with Crippen molar-refractivity contribution in [2.24, 2.45) is 0 Å². The SMILES string of the molecule is CC(O)(c1ccc(Br)cc1)c1cscc1Br. The minimum atomic E-state index is -0.959. The van der Waals surface area contributed by atoms with Crippen LogP contribution < -0.4 is 0 Å². The fourth-order valence-electron chi connectivity index (χ4n) is 1.56. The van der Waals surface area contributed by atoms with Crippen LogP contribution >= 0.6 is 43.2 Å². The molecule has 0 aliphatic rings. The highest BCUT2D eigenvalue weighted by Crippen LogP contribution is 2.36. The van der Waals surface area contributed by atoms with E-state index in [-0.39, 0.29) is 0 Å². The molecule has 1 N–H and O–H groups in total. The van der Waals surface area contributed by atoms with Gasteiger partial charge in [-0.3, -0.25) is 0 Å². The summed E-state index contributed by atoms with van der Waals surface area (Å²) < 4.78 is 1.96. The van der Waals surface area contributed by atoms with Crippen LogP contribution in [-0.2, 0) is 5.60 Å². The van der Waals surface area contributed by atoms with Crippen LogP contribution in [0.25, 0.3) is 0 Å². The molecule has 84 valence electrons. The lowest BCUT2D eigenvalue weighted by molar-refractivity contribution is 0.102. The third-order valence-corrected chi connectivity index (χ3v) is 4.78. The van der Waals surface area contributed by atoms with Gasteiger partial charge in [0.1, 0.15) is 5.60 Å². The molecule has 0 saturated heterocycles. The van der Waals surface area contributed by atoms with E-state index in [9.17, 15) is 5.11 Å². The lowest BCUT2D eigenvalue weighted by Gasteiger charge is -2.23. The van der Waals surface area contributed by atoms with Gasteiger partial charge in [-0.1, -0.05) is 28.1 Å². The molecule has 1 unspecified atom stereocenters. The molecule has 0 aliphatic carbocycles. The third kappa shape index (κ3) is 2.25. The molecule has 0 fully saturated rings. The summed E-state index contributed by atoms with van der Waals surface area (Å²) in [5, 5.41) is 14.5. The molecule has 1 nitrogen and oxygen atoms in total. The zero-order valence-corrected chi connectivity index (χ0v) is 12.6. The largest absolute Gasteiger partial charge is 0.381 e. The van der Waals surface area contributed by atoms with Crippen LogP contribution in [0.4, 0.5) is 0 Å². The number of benzene rings is 1. The zero-order valence-electron chi connectivity index (χ0n) is 8.58. The van der Waals surface area contributed by atoms with Crippen LogP contribution in [0, 0.1) is 0 Å². The fourth-order valence-corrected chi connectivity index (χ4v) is 3.61. The van der Waals surface area contributed by atoms with Gasteiger partial charge >= 0.3 is 0 Å². The molecule has 0 radical (unpaired) electrons. The van der Waals surface area contributed by atoms with Gasteiger partial charge < -0.3 is 5.11 Å². The first-order chi connectivity index (χ1) is 7.51. The summed E-state index contributed by atoms with van der Waals surface area (Å²) in [6.07, 6.45) is 0. The summed E-state index contributed by atoms with van der Waals surface area (Å²) in [6, 6.07) is 7.72. The van der Waals surface area contributed by atoms with Gasteiger partial charge in [0.25, 0.3) is 0 Å². The quantitative estimate of drug-likeness (QED) is 0.833. The molecule has 1 aromatic carbocycles. The number of hydrogen-bond donors (Lipinski definition) is 1. The number of hydrogen-bond acceptors (Lipinski definition) is 2. The Kier molecular flexibility index (Phi) is 3.54. The Morgan fingerprint density at radius 1 is 1.12 bits per heavy atom. The molecular weight excluding hydrogens is 352 g/mol. The van der Waals surface area contributed by atoms with E-state index in [4.69, 9.17) is 0 Å². The maximum absolute atomic E-state index is 10.6. The smallest absolute Gasteiger partial charge is 0.114 e. The Morgan fingerprint density at radius 3 is 2.25 bits per heavy atom. The van der Waals surface area contributed by atoms with Crippen molar-refractivity contribution in [3.8, 4) is 0 Å². The summed E-state index contributed by atoms with van der Waals surface area (Å²) >= 11 is 8.42. The zero-order chi connectivity index (χ0) is 11.8. The second kappa shape index (κ2) is 4.61. The van der Waals surface area contributed by atoms with Crippen molar-refractivity contribution in [1.29, 1.82) is 0 Å². The summed E-state index contributed by atoms with van der Waals surface area (Å²) in [7, 11) is 0. The lowest BCUT2D eigenvalue weighted by atomic mass is 9.90. The Morgan fingerprint density at radius 2 is 1.75 bits per heavy atom. The van der Waals surface area contributed by atoms with Gasteiger partial charge in [0, 0.05) is 19.9 Å². The van der Waals surface area contributed by atoms with Crippen LogP contribution in [0.1, 0.15) is 18.1 Å². The van der Waals surface area contributed by atoms with Crippen molar-refractivity contribution in [3.05, 3.63) is 55.1 Å². The minimum absolute atomic E-state index is 0.884. The van der Waals surface area contributed by atoms with Gasteiger partial charge in [-0.05, 0) is 45.9 Å².